The largest absolute Gasteiger partial charge is 0.414 e. The quantitative estimate of drug-likeness (QED) is 0.448. The van der Waals surface area contributed by atoms with Gasteiger partial charge in [-0.05, 0) is 43.2 Å². The highest BCUT2D eigenvalue weighted by Gasteiger charge is 2.41. The van der Waals surface area contributed by atoms with Crippen molar-refractivity contribution in [2.75, 3.05) is 6.61 Å². The highest BCUT2D eigenvalue weighted by atomic mass is 28.4. The second-order valence-corrected chi connectivity index (χ2v) is 18.8. The minimum atomic E-state index is -1.79. The normalized spacial score (nSPS) is 15.2. The molecule has 0 aliphatic carbocycles. The lowest BCUT2D eigenvalue weighted by atomic mass is 10.2. The average Bonchev–Trinajstić information content (AvgIpc) is 2.29. The summed E-state index contributed by atoms with van der Waals surface area (Å²) in [6.45, 7) is 25.4. The van der Waals surface area contributed by atoms with Crippen LogP contribution in [0.1, 0.15) is 54.9 Å². The third kappa shape index (κ3) is 6.58. The van der Waals surface area contributed by atoms with Crippen molar-refractivity contribution < 1.29 is 8.85 Å². The Morgan fingerprint density at radius 2 is 1.32 bits per heavy atom. The lowest BCUT2D eigenvalue weighted by Gasteiger charge is -2.41. The van der Waals surface area contributed by atoms with Gasteiger partial charge in [-0.1, -0.05) is 41.5 Å². The summed E-state index contributed by atoms with van der Waals surface area (Å²) >= 11 is 0. The summed E-state index contributed by atoms with van der Waals surface area (Å²) in [4.78, 5) is 0. The van der Waals surface area contributed by atoms with E-state index >= 15 is 0 Å². The molecule has 0 rings (SSSR count). The predicted octanol–water partition coefficient (Wildman–Crippen LogP) is 5.81. The molecule has 1 atom stereocenters. The van der Waals surface area contributed by atoms with E-state index in [1.165, 1.54) is 0 Å². The second kappa shape index (κ2) is 7.66. The molecule has 0 aromatic carbocycles. The van der Waals surface area contributed by atoms with E-state index in [1.807, 2.05) is 6.92 Å². The monoisotopic (exact) mass is 342 g/mol. The first-order chi connectivity index (χ1) is 9.64. The van der Waals surface area contributed by atoms with Gasteiger partial charge in [0.05, 0.1) is 12.7 Å². The molecule has 0 heterocycles. The zero-order valence-corrected chi connectivity index (χ0v) is 18.8. The lowest BCUT2D eigenvalue weighted by molar-refractivity contribution is 0.111. The zero-order valence-electron chi connectivity index (χ0n) is 16.8. The molecule has 0 aliphatic rings. The van der Waals surface area contributed by atoms with Gasteiger partial charge in [-0.25, -0.2) is 0 Å². The highest BCUT2D eigenvalue weighted by molar-refractivity contribution is 6.74. The van der Waals surface area contributed by atoms with Gasteiger partial charge in [-0.3, -0.25) is 0 Å². The van der Waals surface area contributed by atoms with E-state index in [9.17, 15) is 0 Å². The first-order valence-corrected chi connectivity index (χ1v) is 14.2. The molecular weight excluding hydrogens is 304 g/mol. The van der Waals surface area contributed by atoms with E-state index in [0.717, 1.165) is 6.42 Å². The van der Waals surface area contributed by atoms with Crippen LogP contribution in [-0.2, 0) is 8.85 Å². The van der Waals surface area contributed by atoms with E-state index < -0.39 is 16.6 Å². The van der Waals surface area contributed by atoms with E-state index in [4.69, 9.17) is 8.85 Å². The minimum absolute atomic E-state index is 0.0856. The van der Waals surface area contributed by atoms with Crippen molar-refractivity contribution in [2.24, 2.45) is 0 Å². The Kier molecular flexibility index (Phi) is 7.63. The Morgan fingerprint density at radius 3 is 1.68 bits per heavy atom. The Morgan fingerprint density at radius 1 is 0.864 bits per heavy atom. The van der Waals surface area contributed by atoms with Gasteiger partial charge in [0.15, 0.2) is 16.6 Å². The van der Waals surface area contributed by atoms with Gasteiger partial charge < -0.3 is 8.85 Å². The molecule has 0 aromatic heterocycles. The molecule has 2 nitrogen and oxygen atoms in total. The van der Waals surface area contributed by atoms with Crippen LogP contribution in [0.25, 0.3) is 0 Å². The van der Waals surface area contributed by atoms with Crippen LogP contribution in [0.15, 0.2) is 0 Å². The molecule has 130 valence electrons. The Labute approximate surface area is 141 Å². The van der Waals surface area contributed by atoms with Crippen LogP contribution in [0.5, 0.6) is 0 Å². The first kappa shape index (κ1) is 21.9. The zero-order chi connectivity index (χ0) is 17.8. The molecule has 0 aliphatic heterocycles. The fourth-order valence-electron chi connectivity index (χ4n) is 1.46. The lowest BCUT2D eigenvalue weighted by Crippen LogP contribution is -2.47. The Bertz CT molecular complexity index is 404. The van der Waals surface area contributed by atoms with Crippen LogP contribution >= 0.6 is 0 Å². The van der Waals surface area contributed by atoms with Crippen LogP contribution in [0.2, 0.25) is 36.3 Å². The Balaban J connectivity index is 4.98. The molecule has 0 bridgehead atoms. The van der Waals surface area contributed by atoms with Crippen LogP contribution in [0.3, 0.4) is 0 Å². The van der Waals surface area contributed by atoms with Crippen molar-refractivity contribution in [3.05, 3.63) is 0 Å². The van der Waals surface area contributed by atoms with Crippen molar-refractivity contribution >= 4 is 16.6 Å². The van der Waals surface area contributed by atoms with Gasteiger partial charge in [-0.15, -0.1) is 11.8 Å². The molecule has 4 heteroatoms. The minimum Gasteiger partial charge on any atom is -0.414 e. The fraction of sp³-hybridized carbons (Fsp3) is 0.889. The van der Waals surface area contributed by atoms with Gasteiger partial charge in [-0.2, -0.15) is 0 Å². The maximum atomic E-state index is 6.55. The van der Waals surface area contributed by atoms with Crippen molar-refractivity contribution in [3.8, 4) is 11.8 Å². The van der Waals surface area contributed by atoms with Crippen molar-refractivity contribution in [1.82, 2.24) is 0 Å². The maximum Gasteiger partial charge on any atom is 0.192 e. The maximum absolute atomic E-state index is 6.55. The van der Waals surface area contributed by atoms with Crippen molar-refractivity contribution in [3.63, 3.8) is 0 Å². The number of hydrogen-bond donors (Lipinski definition) is 0. The molecule has 0 fully saturated rings. The summed E-state index contributed by atoms with van der Waals surface area (Å²) in [5.74, 6) is 6.17. The smallest absolute Gasteiger partial charge is 0.192 e. The third-order valence-electron chi connectivity index (χ3n) is 5.21. The topological polar surface area (TPSA) is 18.5 Å². The first-order valence-electron chi connectivity index (χ1n) is 8.35. The van der Waals surface area contributed by atoms with E-state index in [2.05, 4.69) is 79.6 Å². The van der Waals surface area contributed by atoms with Gasteiger partial charge in [0.1, 0.15) is 0 Å². The van der Waals surface area contributed by atoms with Gasteiger partial charge in [0, 0.05) is 6.42 Å². The summed E-state index contributed by atoms with van der Waals surface area (Å²) in [6, 6.07) is 0. The number of hydrogen-bond acceptors (Lipinski definition) is 2. The molecule has 0 spiro atoms. The second-order valence-electron chi connectivity index (χ2n) is 9.20. The highest BCUT2D eigenvalue weighted by Crippen LogP contribution is 2.39. The SMILES string of the molecule is CC#CC[C@H](CO[Si](C)(C)C(C)(C)C)O[Si](C)(C)C(C)(C)C. The molecule has 0 unspecified atom stereocenters. The van der Waals surface area contributed by atoms with Gasteiger partial charge in [0.2, 0.25) is 0 Å². The van der Waals surface area contributed by atoms with Gasteiger partial charge >= 0.3 is 0 Å². The van der Waals surface area contributed by atoms with Crippen molar-refractivity contribution in [1.29, 1.82) is 0 Å². The standard InChI is InChI=1S/C18H38O2Si2/c1-12-13-14-16(20-22(10,11)18(5,6)7)15-19-21(8,9)17(2,3)4/h16H,14-15H2,1-11H3/t16-/m1/s1. The summed E-state index contributed by atoms with van der Waals surface area (Å²) in [7, 11) is -3.53. The van der Waals surface area contributed by atoms with Crippen LogP contribution in [0, 0.1) is 11.8 Å². The Hall–Kier alpha value is -0.0862. The van der Waals surface area contributed by atoms with E-state index in [-0.39, 0.29) is 16.2 Å². The molecule has 0 radical (unpaired) electrons. The molecule has 0 saturated carbocycles. The van der Waals surface area contributed by atoms with E-state index in [1.54, 1.807) is 0 Å². The third-order valence-corrected chi connectivity index (χ3v) is 14.2. The van der Waals surface area contributed by atoms with Crippen LogP contribution < -0.4 is 0 Å². The summed E-state index contributed by atoms with van der Waals surface area (Å²) in [6.07, 6.45) is 0.847. The number of rotatable bonds is 6. The van der Waals surface area contributed by atoms with Gasteiger partial charge in [0.25, 0.3) is 0 Å². The van der Waals surface area contributed by atoms with Crippen LogP contribution in [0.4, 0.5) is 0 Å². The molecule has 0 aromatic rings. The average molecular weight is 343 g/mol. The van der Waals surface area contributed by atoms with E-state index in [0.29, 0.717) is 6.61 Å². The summed E-state index contributed by atoms with van der Waals surface area (Å²) in [5, 5.41) is 0.437. The molecule has 0 amide bonds. The molecule has 0 saturated heterocycles. The summed E-state index contributed by atoms with van der Waals surface area (Å²) in [5.41, 5.74) is 0. The van der Waals surface area contributed by atoms with Crippen LogP contribution in [-0.4, -0.2) is 29.3 Å². The fourth-order valence-corrected chi connectivity index (χ4v) is 3.84. The van der Waals surface area contributed by atoms with Crippen molar-refractivity contribution in [2.45, 2.75) is 97.3 Å². The molecular formula is C18H38O2Si2. The predicted molar refractivity (Wildman–Crippen MR) is 103 cm³/mol. The summed E-state index contributed by atoms with van der Waals surface area (Å²) < 4.78 is 12.9. The molecule has 0 N–H and O–H groups in total. The molecule has 22 heavy (non-hydrogen) atoms.